The van der Waals surface area contributed by atoms with Gasteiger partial charge in [0.2, 0.25) is 0 Å². The molecule has 2 aromatic rings. The Labute approximate surface area is 167 Å². The molecule has 0 radical (unpaired) electrons. The second-order valence-electron chi connectivity index (χ2n) is 7.39. The second-order valence-corrected chi connectivity index (χ2v) is 8.37. The summed E-state index contributed by atoms with van der Waals surface area (Å²) < 4.78 is 0. The van der Waals surface area contributed by atoms with Crippen LogP contribution in [0.2, 0.25) is 0 Å². The van der Waals surface area contributed by atoms with Gasteiger partial charge in [0.1, 0.15) is 5.69 Å². The number of nitro benzene ring substituents is 1. The fourth-order valence-electron chi connectivity index (χ4n) is 3.63. The van der Waals surface area contributed by atoms with Gasteiger partial charge in [-0.15, -0.1) is 11.3 Å². The summed E-state index contributed by atoms with van der Waals surface area (Å²) in [5.41, 5.74) is 0.755. The van der Waals surface area contributed by atoms with Crippen LogP contribution in [0.1, 0.15) is 47.0 Å². The highest BCUT2D eigenvalue weighted by Gasteiger charge is 2.27. The van der Waals surface area contributed by atoms with Crippen LogP contribution in [0.25, 0.3) is 0 Å². The van der Waals surface area contributed by atoms with E-state index in [1.165, 1.54) is 23.8 Å². The average molecular weight is 401 g/mol. The van der Waals surface area contributed by atoms with Gasteiger partial charge in [-0.2, -0.15) is 0 Å². The molecule has 2 fully saturated rings. The number of amides is 1. The molecule has 2 N–H and O–H groups in total. The number of nitrogens with one attached hydrogen (secondary N) is 2. The molecule has 148 valence electrons. The molecule has 0 unspecified atom stereocenters. The van der Waals surface area contributed by atoms with Gasteiger partial charge in [0, 0.05) is 29.1 Å². The molecule has 1 aromatic heterocycles. The third-order valence-corrected chi connectivity index (χ3v) is 6.28. The smallest absolute Gasteiger partial charge is 0.293 e. The Balaban J connectivity index is 1.46. The quantitative estimate of drug-likeness (QED) is 0.520. The van der Waals surface area contributed by atoms with Crippen LogP contribution < -0.4 is 10.6 Å². The summed E-state index contributed by atoms with van der Waals surface area (Å²) in [5, 5.41) is 19.6. The first-order chi connectivity index (χ1) is 13.6. The Hall–Kier alpha value is -2.45. The lowest BCUT2D eigenvalue weighted by atomic mass is 10.1. The molecular weight excluding hydrogens is 376 g/mol. The molecule has 0 spiro atoms. The van der Waals surface area contributed by atoms with Crippen molar-refractivity contribution in [3.05, 3.63) is 56.3 Å². The van der Waals surface area contributed by atoms with Gasteiger partial charge in [-0.05, 0) is 62.4 Å². The Morgan fingerprint density at radius 3 is 2.71 bits per heavy atom. The maximum Gasteiger partial charge on any atom is 0.293 e. The molecular formula is C20H24N4O3S. The first-order valence-electron chi connectivity index (χ1n) is 9.72. The minimum atomic E-state index is -0.430. The van der Waals surface area contributed by atoms with Crippen molar-refractivity contribution in [1.82, 2.24) is 10.2 Å². The molecule has 1 atom stereocenters. The number of hydrogen-bond donors (Lipinski definition) is 2. The normalized spacial score (nSPS) is 18.0. The minimum Gasteiger partial charge on any atom is -0.377 e. The first-order valence-corrected chi connectivity index (χ1v) is 10.6. The molecule has 4 rings (SSSR count). The standard InChI is InChI=1S/C20H24N4O3S/c25-20(14-5-8-16(22-15-6-7-15)17(12-14)24(26)27)21-13-18(19-4-3-11-28-19)23-9-1-2-10-23/h3-5,8,11-12,15,18,22H,1-2,6-7,9-10,13H2,(H,21,25)/t18-/m0/s1. The number of thiophene rings is 1. The molecule has 1 aromatic carbocycles. The topological polar surface area (TPSA) is 87.5 Å². The van der Waals surface area contributed by atoms with Crippen molar-refractivity contribution < 1.29 is 9.72 Å². The molecule has 1 amide bonds. The number of nitro groups is 1. The van der Waals surface area contributed by atoms with E-state index in [1.54, 1.807) is 23.5 Å². The Bertz CT molecular complexity index is 845. The number of hydrogen-bond acceptors (Lipinski definition) is 6. The zero-order valence-electron chi connectivity index (χ0n) is 15.6. The fourth-order valence-corrected chi connectivity index (χ4v) is 4.49. The van der Waals surface area contributed by atoms with E-state index in [1.807, 2.05) is 6.07 Å². The van der Waals surface area contributed by atoms with Crippen LogP contribution in [0, 0.1) is 10.1 Å². The van der Waals surface area contributed by atoms with Crippen LogP contribution in [0.5, 0.6) is 0 Å². The largest absolute Gasteiger partial charge is 0.377 e. The van der Waals surface area contributed by atoms with Gasteiger partial charge in [0.15, 0.2) is 0 Å². The molecule has 1 saturated heterocycles. The predicted molar refractivity (Wildman–Crippen MR) is 110 cm³/mol. The molecule has 28 heavy (non-hydrogen) atoms. The van der Waals surface area contributed by atoms with Gasteiger partial charge >= 0.3 is 0 Å². The second kappa shape index (κ2) is 8.28. The van der Waals surface area contributed by atoms with Crippen LogP contribution in [0.15, 0.2) is 35.7 Å². The molecule has 7 nitrogen and oxygen atoms in total. The lowest BCUT2D eigenvalue weighted by molar-refractivity contribution is -0.384. The predicted octanol–water partition coefficient (Wildman–Crippen LogP) is 3.80. The summed E-state index contributed by atoms with van der Waals surface area (Å²) in [4.78, 5) is 27.3. The highest BCUT2D eigenvalue weighted by molar-refractivity contribution is 7.10. The number of rotatable bonds is 8. The zero-order valence-corrected chi connectivity index (χ0v) is 16.4. The number of likely N-dealkylation sites (tertiary alicyclic amines) is 1. The lowest BCUT2D eigenvalue weighted by Gasteiger charge is -2.27. The first kappa shape index (κ1) is 18.9. The molecule has 1 aliphatic heterocycles. The Morgan fingerprint density at radius 1 is 1.29 bits per heavy atom. The van der Waals surface area contributed by atoms with Crippen molar-refractivity contribution in [2.24, 2.45) is 0 Å². The lowest BCUT2D eigenvalue weighted by Crippen LogP contribution is -2.36. The SMILES string of the molecule is O=C(NC[C@@H](c1cccs1)N1CCCC1)c1ccc(NC2CC2)c([N+](=O)[O-])c1. The van der Waals surface area contributed by atoms with Gasteiger partial charge < -0.3 is 10.6 Å². The van der Waals surface area contributed by atoms with Crippen LogP contribution in [-0.4, -0.2) is 41.4 Å². The summed E-state index contributed by atoms with van der Waals surface area (Å²) in [6, 6.07) is 9.26. The third kappa shape index (κ3) is 4.34. The monoisotopic (exact) mass is 400 g/mol. The van der Waals surface area contributed by atoms with Crippen LogP contribution in [0.3, 0.4) is 0 Å². The van der Waals surface area contributed by atoms with E-state index >= 15 is 0 Å². The van der Waals surface area contributed by atoms with Gasteiger partial charge in [-0.3, -0.25) is 19.8 Å². The summed E-state index contributed by atoms with van der Waals surface area (Å²) >= 11 is 1.69. The third-order valence-electron chi connectivity index (χ3n) is 5.30. The molecule has 2 heterocycles. The van der Waals surface area contributed by atoms with Crippen molar-refractivity contribution in [1.29, 1.82) is 0 Å². The van der Waals surface area contributed by atoms with Crippen molar-refractivity contribution in [3.8, 4) is 0 Å². The van der Waals surface area contributed by atoms with E-state index in [0.29, 0.717) is 23.8 Å². The van der Waals surface area contributed by atoms with E-state index in [9.17, 15) is 14.9 Å². The van der Waals surface area contributed by atoms with Crippen molar-refractivity contribution in [2.75, 3.05) is 25.0 Å². The molecule has 8 heteroatoms. The highest BCUT2D eigenvalue weighted by Crippen LogP contribution is 2.32. The minimum absolute atomic E-state index is 0.0473. The summed E-state index contributed by atoms with van der Waals surface area (Å²) in [5.74, 6) is -0.276. The van der Waals surface area contributed by atoms with E-state index in [2.05, 4.69) is 27.0 Å². The van der Waals surface area contributed by atoms with Gasteiger partial charge in [0.25, 0.3) is 11.6 Å². The molecule has 1 aliphatic carbocycles. The maximum atomic E-state index is 12.7. The summed E-state index contributed by atoms with van der Waals surface area (Å²) in [7, 11) is 0. The Kier molecular flexibility index (Phi) is 5.59. The molecule has 1 saturated carbocycles. The van der Waals surface area contributed by atoms with Gasteiger partial charge in [-0.1, -0.05) is 6.07 Å². The fraction of sp³-hybridized carbons (Fsp3) is 0.450. The number of carbonyl (C=O) groups is 1. The average Bonchev–Trinajstić information content (AvgIpc) is 3.14. The molecule has 2 aliphatic rings. The zero-order chi connectivity index (χ0) is 19.5. The van der Waals surface area contributed by atoms with E-state index in [4.69, 9.17) is 0 Å². The number of nitrogens with zero attached hydrogens (tertiary/aromatic N) is 2. The molecule has 0 bridgehead atoms. The number of anilines is 1. The van der Waals surface area contributed by atoms with Crippen molar-refractivity contribution in [3.63, 3.8) is 0 Å². The summed E-state index contributed by atoms with van der Waals surface area (Å²) in [6.45, 7) is 2.56. The van der Waals surface area contributed by atoms with E-state index in [0.717, 1.165) is 25.9 Å². The van der Waals surface area contributed by atoms with E-state index < -0.39 is 4.92 Å². The number of carbonyl (C=O) groups excluding carboxylic acids is 1. The van der Waals surface area contributed by atoms with E-state index in [-0.39, 0.29) is 17.6 Å². The summed E-state index contributed by atoms with van der Waals surface area (Å²) in [6.07, 6.45) is 4.41. The van der Waals surface area contributed by atoms with Crippen LogP contribution >= 0.6 is 11.3 Å². The van der Waals surface area contributed by atoms with Crippen LogP contribution in [0.4, 0.5) is 11.4 Å². The highest BCUT2D eigenvalue weighted by atomic mass is 32.1. The van der Waals surface area contributed by atoms with Crippen LogP contribution in [-0.2, 0) is 0 Å². The number of benzene rings is 1. The van der Waals surface area contributed by atoms with Gasteiger partial charge in [0.05, 0.1) is 11.0 Å². The Morgan fingerprint density at radius 2 is 2.07 bits per heavy atom. The van der Waals surface area contributed by atoms with Gasteiger partial charge in [-0.25, -0.2) is 0 Å². The maximum absolute atomic E-state index is 12.7. The van der Waals surface area contributed by atoms with Crippen molar-refractivity contribution in [2.45, 2.75) is 37.8 Å². The van der Waals surface area contributed by atoms with Crippen molar-refractivity contribution >= 4 is 28.6 Å².